The first-order chi connectivity index (χ1) is 9.99. The number of pyridine rings is 2. The van der Waals surface area contributed by atoms with E-state index in [4.69, 9.17) is 4.74 Å². The molecule has 112 valence electrons. The molecule has 0 fully saturated rings. The molecule has 0 bridgehead atoms. The Morgan fingerprint density at radius 3 is 2.52 bits per heavy atom. The number of nitrogens with zero attached hydrogens (tertiary/aromatic N) is 2. The van der Waals surface area contributed by atoms with Crippen LogP contribution in [0.2, 0.25) is 0 Å². The lowest BCUT2D eigenvalue weighted by Crippen LogP contribution is -2.38. The Morgan fingerprint density at radius 1 is 1.19 bits per heavy atom. The second-order valence-corrected chi connectivity index (χ2v) is 4.38. The van der Waals surface area contributed by atoms with Gasteiger partial charge in [0, 0.05) is 31.1 Å². The highest BCUT2D eigenvalue weighted by Gasteiger charge is 2.39. The van der Waals surface area contributed by atoms with Crippen LogP contribution >= 0.6 is 0 Å². The minimum absolute atomic E-state index is 0.116. The minimum atomic E-state index is -4.39. The summed E-state index contributed by atoms with van der Waals surface area (Å²) in [6, 6.07) is 4.36. The highest BCUT2D eigenvalue weighted by atomic mass is 19.4. The third-order valence-electron chi connectivity index (χ3n) is 2.87. The lowest BCUT2D eigenvalue weighted by Gasteiger charge is -2.22. The van der Waals surface area contributed by atoms with Gasteiger partial charge < -0.3 is 10.1 Å². The standard InChI is InChI=1S/C14H14F3N3O/c1-21-11-4-7-19-13(9-11)20-12(14(15,16)17)8-10-2-5-18-6-3-10/h2-7,9,12H,8H2,1H3,(H,19,20)/t12-/m0/s1. The van der Waals surface area contributed by atoms with Crippen molar-refractivity contribution in [3.63, 3.8) is 0 Å². The summed E-state index contributed by atoms with van der Waals surface area (Å²) >= 11 is 0. The number of ether oxygens (including phenoxy) is 1. The maximum Gasteiger partial charge on any atom is 0.408 e. The van der Waals surface area contributed by atoms with Gasteiger partial charge in [0.2, 0.25) is 0 Å². The smallest absolute Gasteiger partial charge is 0.408 e. The van der Waals surface area contributed by atoms with Crippen LogP contribution in [-0.4, -0.2) is 29.3 Å². The van der Waals surface area contributed by atoms with Gasteiger partial charge in [0.25, 0.3) is 0 Å². The fourth-order valence-corrected chi connectivity index (χ4v) is 1.80. The Balaban J connectivity index is 2.17. The van der Waals surface area contributed by atoms with Crippen LogP contribution in [0.1, 0.15) is 5.56 Å². The van der Waals surface area contributed by atoms with Crippen LogP contribution in [0.4, 0.5) is 19.0 Å². The van der Waals surface area contributed by atoms with E-state index < -0.39 is 12.2 Å². The van der Waals surface area contributed by atoms with Crippen molar-refractivity contribution in [1.29, 1.82) is 0 Å². The maximum atomic E-state index is 13.1. The van der Waals surface area contributed by atoms with Crippen molar-refractivity contribution in [3.05, 3.63) is 48.4 Å². The molecule has 0 spiro atoms. The molecule has 2 rings (SSSR count). The van der Waals surface area contributed by atoms with Crippen molar-refractivity contribution in [2.45, 2.75) is 18.6 Å². The van der Waals surface area contributed by atoms with E-state index >= 15 is 0 Å². The summed E-state index contributed by atoms with van der Waals surface area (Å²) in [5, 5.41) is 2.41. The molecule has 0 aliphatic carbocycles. The number of alkyl halides is 3. The zero-order valence-corrected chi connectivity index (χ0v) is 11.3. The van der Waals surface area contributed by atoms with Crippen molar-refractivity contribution in [3.8, 4) is 5.75 Å². The first kappa shape index (κ1) is 15.1. The molecule has 0 aromatic carbocycles. The van der Waals surface area contributed by atoms with Gasteiger partial charge >= 0.3 is 6.18 Å². The second-order valence-electron chi connectivity index (χ2n) is 4.38. The summed E-state index contributed by atoms with van der Waals surface area (Å²) in [5.74, 6) is 0.558. The second kappa shape index (κ2) is 6.43. The Kier molecular flexibility index (Phi) is 4.62. The minimum Gasteiger partial charge on any atom is -0.497 e. The van der Waals surface area contributed by atoms with E-state index in [1.54, 1.807) is 18.2 Å². The van der Waals surface area contributed by atoms with E-state index in [0.717, 1.165) is 0 Å². The summed E-state index contributed by atoms with van der Waals surface area (Å²) in [6.45, 7) is 0. The van der Waals surface area contributed by atoms with Gasteiger partial charge in [0.05, 0.1) is 7.11 Å². The number of nitrogens with one attached hydrogen (secondary N) is 1. The van der Waals surface area contributed by atoms with Gasteiger partial charge in [-0.3, -0.25) is 4.98 Å². The number of halogens is 3. The molecule has 0 radical (unpaired) electrons. The molecule has 0 unspecified atom stereocenters. The zero-order valence-electron chi connectivity index (χ0n) is 11.3. The number of aromatic nitrogens is 2. The molecule has 2 aromatic heterocycles. The molecule has 0 amide bonds. The Morgan fingerprint density at radius 2 is 1.90 bits per heavy atom. The van der Waals surface area contributed by atoms with E-state index in [-0.39, 0.29) is 12.2 Å². The number of methoxy groups -OCH3 is 1. The van der Waals surface area contributed by atoms with E-state index in [0.29, 0.717) is 11.3 Å². The predicted molar refractivity (Wildman–Crippen MR) is 72.2 cm³/mol. The Hall–Kier alpha value is -2.31. The summed E-state index contributed by atoms with van der Waals surface area (Å²) < 4.78 is 44.4. The number of hydrogen-bond acceptors (Lipinski definition) is 4. The lowest BCUT2D eigenvalue weighted by molar-refractivity contribution is -0.142. The number of rotatable bonds is 5. The van der Waals surface area contributed by atoms with E-state index in [1.165, 1.54) is 31.8 Å². The van der Waals surface area contributed by atoms with Crippen LogP contribution in [0.25, 0.3) is 0 Å². The molecule has 7 heteroatoms. The maximum absolute atomic E-state index is 13.1. The summed E-state index contributed by atoms with van der Waals surface area (Å²) in [5.41, 5.74) is 0.544. The molecule has 0 aliphatic rings. The molecular formula is C14H14F3N3O. The topological polar surface area (TPSA) is 47.0 Å². The van der Waals surface area contributed by atoms with Crippen molar-refractivity contribution >= 4 is 5.82 Å². The first-order valence-electron chi connectivity index (χ1n) is 6.21. The molecule has 0 saturated heterocycles. The van der Waals surface area contributed by atoms with Gasteiger partial charge in [-0.05, 0) is 23.8 Å². The van der Waals surface area contributed by atoms with Crippen molar-refractivity contribution in [2.24, 2.45) is 0 Å². The van der Waals surface area contributed by atoms with Crippen LogP contribution in [-0.2, 0) is 6.42 Å². The quantitative estimate of drug-likeness (QED) is 0.921. The van der Waals surface area contributed by atoms with Crippen LogP contribution in [0.5, 0.6) is 5.75 Å². The fourth-order valence-electron chi connectivity index (χ4n) is 1.80. The monoisotopic (exact) mass is 297 g/mol. The van der Waals surface area contributed by atoms with Gasteiger partial charge in [0.1, 0.15) is 17.6 Å². The average Bonchev–Trinajstić information content (AvgIpc) is 2.47. The van der Waals surface area contributed by atoms with E-state index in [1.807, 2.05) is 0 Å². The SMILES string of the molecule is COc1ccnc(N[C@@H](Cc2ccncc2)C(F)(F)F)c1. The van der Waals surface area contributed by atoms with Gasteiger partial charge in [-0.25, -0.2) is 4.98 Å². The Labute approximate surface area is 120 Å². The highest BCUT2D eigenvalue weighted by molar-refractivity contribution is 5.42. The van der Waals surface area contributed by atoms with Crippen LogP contribution in [0, 0.1) is 0 Å². The summed E-state index contributed by atoms with van der Waals surface area (Å²) in [4.78, 5) is 7.67. The summed E-state index contributed by atoms with van der Waals surface area (Å²) in [7, 11) is 1.44. The van der Waals surface area contributed by atoms with Crippen molar-refractivity contribution < 1.29 is 17.9 Å². The van der Waals surface area contributed by atoms with Crippen molar-refractivity contribution in [2.75, 3.05) is 12.4 Å². The molecule has 2 aromatic rings. The van der Waals surface area contributed by atoms with Gasteiger partial charge in [0.15, 0.2) is 0 Å². The average molecular weight is 297 g/mol. The molecule has 0 saturated carbocycles. The molecule has 1 atom stereocenters. The lowest BCUT2D eigenvalue weighted by atomic mass is 10.1. The van der Waals surface area contributed by atoms with Gasteiger partial charge in [-0.2, -0.15) is 13.2 Å². The Bertz CT molecular complexity index is 575. The van der Waals surface area contributed by atoms with E-state index in [9.17, 15) is 13.2 Å². The third-order valence-corrected chi connectivity index (χ3v) is 2.87. The van der Waals surface area contributed by atoms with Crippen molar-refractivity contribution in [1.82, 2.24) is 9.97 Å². The highest BCUT2D eigenvalue weighted by Crippen LogP contribution is 2.26. The third kappa shape index (κ3) is 4.34. The summed E-state index contributed by atoms with van der Waals surface area (Å²) in [6.07, 6.45) is -0.279. The first-order valence-corrected chi connectivity index (χ1v) is 6.21. The molecule has 2 heterocycles. The molecule has 21 heavy (non-hydrogen) atoms. The molecular weight excluding hydrogens is 283 g/mol. The number of hydrogen-bond donors (Lipinski definition) is 1. The van der Waals surface area contributed by atoms with E-state index in [2.05, 4.69) is 15.3 Å². The fraction of sp³-hybridized carbons (Fsp3) is 0.286. The molecule has 0 aliphatic heterocycles. The normalized spacial score (nSPS) is 12.8. The van der Waals surface area contributed by atoms with Crippen LogP contribution < -0.4 is 10.1 Å². The van der Waals surface area contributed by atoms with Gasteiger partial charge in [-0.1, -0.05) is 0 Å². The molecule has 1 N–H and O–H groups in total. The largest absolute Gasteiger partial charge is 0.497 e. The zero-order chi connectivity index (χ0) is 15.3. The van der Waals surface area contributed by atoms with Gasteiger partial charge in [-0.15, -0.1) is 0 Å². The number of anilines is 1. The predicted octanol–water partition coefficient (Wildman–Crippen LogP) is 3.07. The van der Waals surface area contributed by atoms with Crippen LogP contribution in [0.3, 0.4) is 0 Å². The van der Waals surface area contributed by atoms with Crippen LogP contribution in [0.15, 0.2) is 42.9 Å². The molecule has 4 nitrogen and oxygen atoms in total.